The Morgan fingerprint density at radius 2 is 1.16 bits per heavy atom. The van der Waals surface area contributed by atoms with Gasteiger partial charge in [0.15, 0.2) is 0 Å². The molecule has 0 radical (unpaired) electrons. The van der Waals surface area contributed by atoms with Crippen molar-refractivity contribution in [1.29, 1.82) is 0 Å². The van der Waals surface area contributed by atoms with Crippen LogP contribution in [0.2, 0.25) is 0 Å². The molecule has 62 heavy (non-hydrogen) atoms. The van der Waals surface area contributed by atoms with Crippen molar-refractivity contribution in [2.24, 2.45) is 0 Å². The smallest absolute Gasteiger partial charge is 0.386 e. The van der Waals surface area contributed by atoms with Gasteiger partial charge in [-0.1, -0.05) is 152 Å². The molecule has 0 bridgehead atoms. The molecule has 1 unspecified atom stereocenters. The molecule has 0 spiro atoms. The second-order valence-electron chi connectivity index (χ2n) is 14.3. The van der Waals surface area contributed by atoms with Gasteiger partial charge < -0.3 is 20.7 Å². The predicted molar refractivity (Wildman–Crippen MR) is 235 cm³/mol. The molecule has 3 N–H and O–H groups in total. The first kappa shape index (κ1) is 44.8. The second-order valence-corrected chi connectivity index (χ2v) is 15.6. The number of nitrogens with one attached hydrogen (secondary N) is 3. The maximum atomic E-state index is 14.6. The van der Waals surface area contributed by atoms with Crippen LogP contribution in [0.3, 0.4) is 0 Å². The van der Waals surface area contributed by atoms with Gasteiger partial charge in [-0.25, -0.2) is 9.78 Å². The molecule has 6 rings (SSSR count). The van der Waals surface area contributed by atoms with Crippen molar-refractivity contribution in [2.75, 3.05) is 17.6 Å². The lowest BCUT2D eigenvalue weighted by Crippen LogP contribution is -2.50. The lowest BCUT2D eigenvalue weighted by molar-refractivity contribution is -0.202. The fraction of sp³-hybridized carbons (Fsp3) is 0.204. The molecule has 1 aromatic heterocycles. The number of hydrogen-bond acceptors (Lipinski definition) is 8. The second kappa shape index (κ2) is 21.7. The maximum Gasteiger partial charge on any atom is 0.491 e. The molecule has 9 nitrogen and oxygen atoms in total. The van der Waals surface area contributed by atoms with Gasteiger partial charge in [0.05, 0.1) is 17.2 Å². The topological polar surface area (TPSA) is 126 Å². The Kier molecular flexibility index (Phi) is 15.7. The average Bonchev–Trinajstić information content (AvgIpc) is 3.30. The van der Waals surface area contributed by atoms with Gasteiger partial charge in [-0.05, 0) is 58.4 Å². The van der Waals surface area contributed by atoms with Crippen molar-refractivity contribution in [3.63, 3.8) is 0 Å². The highest BCUT2D eigenvalue weighted by Gasteiger charge is 2.43. The van der Waals surface area contributed by atoms with E-state index in [4.69, 9.17) is 0 Å². The summed E-state index contributed by atoms with van der Waals surface area (Å²) in [5.41, 5.74) is 4.82. The first-order valence-electron chi connectivity index (χ1n) is 20.1. The van der Waals surface area contributed by atoms with E-state index in [0.717, 1.165) is 27.8 Å². The van der Waals surface area contributed by atoms with Gasteiger partial charge >= 0.3 is 18.1 Å². The lowest BCUT2D eigenvalue weighted by Gasteiger charge is -2.36. The standard InChI is InChI=1S/C49H45F3N4O5S/c50-49(51,52)47(60)61-45(58)33-41(37-29-27-36(28-30-37)35-17-5-1-6-18-35)56-46(59)42(55-44(57)26-14-16-32-54-43-25-13-15-31-53-43)34-62-48(38-19-7-2-8-20-38,39-21-9-3-10-22-39)40-23-11-4-12-24-40/h1-13,15,17-25,27-31,41-42H,14,16,26,32-34H2,(H,53,54)(H,55,57)(H,56,59)/t41?,42-/m1/s1. The Morgan fingerprint density at radius 1 is 0.629 bits per heavy atom. The molecule has 0 aliphatic rings. The fourth-order valence-corrected chi connectivity index (χ4v) is 8.51. The van der Waals surface area contributed by atoms with Crippen molar-refractivity contribution in [3.8, 4) is 11.1 Å². The van der Waals surface area contributed by atoms with Gasteiger partial charge in [0.1, 0.15) is 11.9 Å². The van der Waals surface area contributed by atoms with E-state index in [1.54, 1.807) is 30.5 Å². The molecule has 0 saturated carbocycles. The number of pyridine rings is 1. The van der Waals surface area contributed by atoms with E-state index in [9.17, 15) is 32.3 Å². The van der Waals surface area contributed by atoms with Crippen LogP contribution in [0.15, 0.2) is 170 Å². The van der Waals surface area contributed by atoms with Crippen LogP contribution in [0.4, 0.5) is 19.0 Å². The first-order valence-corrected chi connectivity index (χ1v) is 21.0. The zero-order valence-electron chi connectivity index (χ0n) is 33.6. The average molecular weight is 859 g/mol. The van der Waals surface area contributed by atoms with E-state index in [-0.39, 0.29) is 12.2 Å². The van der Waals surface area contributed by atoms with E-state index in [0.29, 0.717) is 30.8 Å². The number of halogens is 3. The zero-order valence-corrected chi connectivity index (χ0v) is 34.4. The van der Waals surface area contributed by atoms with E-state index < -0.39 is 53.2 Å². The van der Waals surface area contributed by atoms with E-state index in [1.165, 1.54) is 11.8 Å². The summed E-state index contributed by atoms with van der Waals surface area (Å²) in [4.78, 5) is 57.1. The van der Waals surface area contributed by atoms with Crippen LogP contribution < -0.4 is 16.0 Å². The number of benzene rings is 5. The number of ether oxygens (including phenoxy) is 1. The van der Waals surface area contributed by atoms with Crippen LogP contribution in [0.25, 0.3) is 11.1 Å². The van der Waals surface area contributed by atoms with Crippen molar-refractivity contribution in [1.82, 2.24) is 15.6 Å². The van der Waals surface area contributed by atoms with Crippen LogP contribution in [-0.4, -0.2) is 53.3 Å². The number of anilines is 1. The summed E-state index contributed by atoms with van der Waals surface area (Å²) in [5.74, 6) is -4.52. The van der Waals surface area contributed by atoms with Gasteiger partial charge in [-0.2, -0.15) is 13.2 Å². The molecule has 13 heteroatoms. The van der Waals surface area contributed by atoms with Crippen LogP contribution >= 0.6 is 11.8 Å². The Bertz CT molecular complexity index is 2260. The van der Waals surface area contributed by atoms with Crippen molar-refractivity contribution in [2.45, 2.75) is 48.7 Å². The highest BCUT2D eigenvalue weighted by molar-refractivity contribution is 8.00. The number of esters is 2. The van der Waals surface area contributed by atoms with E-state index in [1.807, 2.05) is 140 Å². The van der Waals surface area contributed by atoms with Gasteiger partial charge in [0.2, 0.25) is 11.8 Å². The largest absolute Gasteiger partial charge is 0.491 e. The van der Waals surface area contributed by atoms with Crippen molar-refractivity contribution < 1.29 is 37.1 Å². The molecule has 0 aliphatic heterocycles. The van der Waals surface area contributed by atoms with Gasteiger partial charge in [0.25, 0.3) is 0 Å². The molecular formula is C49H45F3N4O5S. The molecular weight excluding hydrogens is 814 g/mol. The van der Waals surface area contributed by atoms with E-state index >= 15 is 0 Å². The minimum absolute atomic E-state index is 0.0220. The molecule has 0 fully saturated rings. The lowest BCUT2D eigenvalue weighted by atomic mass is 9.84. The minimum Gasteiger partial charge on any atom is -0.386 e. The Hall–Kier alpha value is -6.73. The quantitative estimate of drug-likeness (QED) is 0.0319. The number of amides is 2. The normalized spacial score (nSPS) is 12.4. The molecule has 2 amide bonds. The Labute approximate surface area is 362 Å². The zero-order chi connectivity index (χ0) is 43.8. The number of aromatic nitrogens is 1. The van der Waals surface area contributed by atoms with Gasteiger partial charge in [-0.3, -0.25) is 14.4 Å². The highest BCUT2D eigenvalue weighted by atomic mass is 32.2. The Balaban J connectivity index is 1.30. The molecule has 2 atom stereocenters. The fourth-order valence-electron chi connectivity index (χ4n) is 6.95. The van der Waals surface area contributed by atoms with Crippen LogP contribution in [0, 0.1) is 0 Å². The van der Waals surface area contributed by atoms with E-state index in [2.05, 4.69) is 25.7 Å². The van der Waals surface area contributed by atoms with Crippen molar-refractivity contribution in [3.05, 3.63) is 192 Å². The van der Waals surface area contributed by atoms with Crippen LogP contribution in [0.5, 0.6) is 0 Å². The number of carbonyl (C=O) groups excluding carboxylic acids is 4. The van der Waals surface area contributed by atoms with Gasteiger partial charge in [-0.15, -0.1) is 11.8 Å². The molecule has 5 aromatic carbocycles. The summed E-state index contributed by atoms with van der Waals surface area (Å²) < 4.78 is 42.7. The monoisotopic (exact) mass is 858 g/mol. The number of unbranched alkanes of at least 4 members (excludes halogenated alkanes) is 1. The third-order valence-electron chi connectivity index (χ3n) is 10.0. The number of thioether (sulfide) groups is 1. The number of rotatable bonds is 19. The number of alkyl halides is 3. The molecule has 318 valence electrons. The summed E-state index contributed by atoms with van der Waals surface area (Å²) >= 11 is 1.43. The first-order chi connectivity index (χ1) is 30.0. The summed E-state index contributed by atoms with van der Waals surface area (Å²) in [6.07, 6.45) is -3.32. The molecule has 0 aliphatic carbocycles. The van der Waals surface area contributed by atoms with Crippen LogP contribution in [-0.2, 0) is 28.7 Å². The Morgan fingerprint density at radius 3 is 1.69 bits per heavy atom. The third kappa shape index (κ3) is 12.2. The molecule has 0 saturated heterocycles. The van der Waals surface area contributed by atoms with Crippen molar-refractivity contribution >= 4 is 41.3 Å². The molecule has 6 aromatic rings. The van der Waals surface area contributed by atoms with Gasteiger partial charge in [0, 0.05) is 24.9 Å². The minimum atomic E-state index is -5.41. The molecule has 1 heterocycles. The number of nitrogens with zero attached hydrogens (tertiary/aromatic N) is 1. The number of hydrogen-bond donors (Lipinski definition) is 3. The maximum absolute atomic E-state index is 14.6. The SMILES string of the molecule is O=C(CCCCNc1ccccn1)N[C@H](CSC(c1ccccc1)(c1ccccc1)c1ccccc1)C(=O)NC(CC(=O)OC(=O)C(F)(F)F)c1ccc(-c2ccccc2)cc1. The third-order valence-corrected chi connectivity index (χ3v) is 11.6. The highest BCUT2D eigenvalue weighted by Crippen LogP contribution is 2.48. The summed E-state index contributed by atoms with van der Waals surface area (Å²) in [6.45, 7) is 0.565. The predicted octanol–water partition coefficient (Wildman–Crippen LogP) is 9.42. The summed E-state index contributed by atoms with van der Waals surface area (Å²) in [7, 11) is 0. The van der Waals surface area contributed by atoms with Crippen LogP contribution in [0.1, 0.15) is 54.0 Å². The summed E-state index contributed by atoms with van der Waals surface area (Å²) in [6, 6.07) is 48.6. The summed E-state index contributed by atoms with van der Waals surface area (Å²) in [5, 5.41) is 8.95. The number of carbonyl (C=O) groups is 4.